The first-order valence-corrected chi connectivity index (χ1v) is 8.67. The van der Waals surface area contributed by atoms with Crippen LogP contribution in [0.1, 0.15) is 27.6 Å². The molecular weight excluding hydrogens is 340 g/mol. The number of esters is 1. The third-order valence-corrected chi connectivity index (χ3v) is 4.09. The highest BCUT2D eigenvalue weighted by Gasteiger charge is 2.26. The van der Waals surface area contributed by atoms with E-state index in [1.807, 2.05) is 37.3 Å². The van der Waals surface area contributed by atoms with Crippen molar-refractivity contribution in [3.8, 4) is 5.75 Å². The number of carbonyl (C=O) groups excluding carboxylic acids is 2. The van der Waals surface area contributed by atoms with Crippen LogP contribution in [0, 0.1) is 6.92 Å². The summed E-state index contributed by atoms with van der Waals surface area (Å²) in [5.41, 5.74) is 2.03. The van der Waals surface area contributed by atoms with Gasteiger partial charge in [0, 0.05) is 11.1 Å². The molecule has 0 bridgehead atoms. The molecule has 0 aliphatic heterocycles. The molecule has 0 spiro atoms. The molecule has 27 heavy (non-hydrogen) atoms. The van der Waals surface area contributed by atoms with Crippen LogP contribution >= 0.6 is 0 Å². The molecule has 0 fully saturated rings. The smallest absolute Gasteiger partial charge is 0.345 e. The zero-order valence-corrected chi connectivity index (χ0v) is 15.0. The molecule has 1 atom stereocenters. The third-order valence-electron chi connectivity index (χ3n) is 4.09. The lowest BCUT2D eigenvalue weighted by Crippen LogP contribution is -2.23. The van der Waals surface area contributed by atoms with Crippen molar-refractivity contribution in [3.05, 3.63) is 102 Å². The van der Waals surface area contributed by atoms with Crippen molar-refractivity contribution >= 4 is 11.8 Å². The Balaban J connectivity index is 1.74. The van der Waals surface area contributed by atoms with Gasteiger partial charge in [0.25, 0.3) is 0 Å². The van der Waals surface area contributed by atoms with Crippen LogP contribution in [0.4, 0.5) is 0 Å². The summed E-state index contributed by atoms with van der Waals surface area (Å²) in [7, 11) is 0. The number of carbonyl (C=O) groups is 2. The molecule has 0 unspecified atom stereocenters. The van der Waals surface area contributed by atoms with E-state index in [1.54, 1.807) is 54.6 Å². The maximum absolute atomic E-state index is 12.9. The van der Waals surface area contributed by atoms with Crippen molar-refractivity contribution in [1.82, 2.24) is 0 Å². The van der Waals surface area contributed by atoms with Crippen LogP contribution in [0.15, 0.2) is 84.9 Å². The predicted molar refractivity (Wildman–Crippen MR) is 103 cm³/mol. The van der Waals surface area contributed by atoms with Gasteiger partial charge < -0.3 is 9.47 Å². The SMILES string of the molecule is Cc1ccccc1OCC(=O)O[C@@H](C(=O)c1ccccc1)c1ccccc1. The average Bonchev–Trinajstić information content (AvgIpc) is 2.72. The van der Waals surface area contributed by atoms with Gasteiger partial charge in [-0.15, -0.1) is 0 Å². The van der Waals surface area contributed by atoms with Gasteiger partial charge in [-0.2, -0.15) is 0 Å². The summed E-state index contributed by atoms with van der Waals surface area (Å²) in [5.74, 6) is -0.262. The molecule has 3 aromatic rings. The normalized spacial score (nSPS) is 11.4. The standard InChI is InChI=1S/C23H20O4/c1-17-10-8-9-15-20(17)26-16-21(24)27-23(19-13-6-3-7-14-19)22(25)18-11-4-2-5-12-18/h2-15,23H,16H2,1H3/t23-/m1/s1. The Labute approximate surface area is 158 Å². The quantitative estimate of drug-likeness (QED) is 0.458. The fourth-order valence-corrected chi connectivity index (χ4v) is 2.68. The Morgan fingerprint density at radius 1 is 0.815 bits per heavy atom. The molecule has 4 heteroatoms. The van der Waals surface area contributed by atoms with Crippen molar-refractivity contribution in [1.29, 1.82) is 0 Å². The summed E-state index contributed by atoms with van der Waals surface area (Å²) >= 11 is 0. The van der Waals surface area contributed by atoms with E-state index in [2.05, 4.69) is 0 Å². The van der Waals surface area contributed by atoms with Crippen molar-refractivity contribution in [2.45, 2.75) is 13.0 Å². The summed E-state index contributed by atoms with van der Waals surface area (Å²) in [4.78, 5) is 25.2. The molecule has 4 nitrogen and oxygen atoms in total. The first-order chi connectivity index (χ1) is 13.1. The number of rotatable bonds is 7. The molecule has 3 rings (SSSR count). The first kappa shape index (κ1) is 18.4. The number of para-hydroxylation sites is 1. The van der Waals surface area contributed by atoms with Gasteiger partial charge in [0.2, 0.25) is 5.78 Å². The molecule has 0 N–H and O–H groups in total. The fourth-order valence-electron chi connectivity index (χ4n) is 2.68. The molecule has 0 heterocycles. The lowest BCUT2D eigenvalue weighted by atomic mass is 10.00. The van der Waals surface area contributed by atoms with E-state index in [0.717, 1.165) is 5.56 Å². The van der Waals surface area contributed by atoms with E-state index in [9.17, 15) is 9.59 Å². The minimum absolute atomic E-state index is 0.268. The second kappa shape index (κ2) is 8.81. The third kappa shape index (κ3) is 4.82. The summed E-state index contributed by atoms with van der Waals surface area (Å²) in [6.07, 6.45) is -1.01. The number of ether oxygens (including phenoxy) is 2. The maximum atomic E-state index is 12.9. The van der Waals surface area contributed by atoms with Crippen LogP contribution in [-0.2, 0) is 9.53 Å². The summed E-state index contributed by atoms with van der Waals surface area (Å²) in [6.45, 7) is 1.63. The Bertz CT molecular complexity index is 904. The van der Waals surface area contributed by atoms with Crippen molar-refractivity contribution < 1.29 is 19.1 Å². The number of aryl methyl sites for hydroxylation is 1. The minimum Gasteiger partial charge on any atom is -0.482 e. The van der Waals surface area contributed by atoms with Gasteiger partial charge in [-0.05, 0) is 18.6 Å². The van der Waals surface area contributed by atoms with E-state index in [-0.39, 0.29) is 12.4 Å². The number of hydrogen-bond acceptors (Lipinski definition) is 4. The van der Waals surface area contributed by atoms with Gasteiger partial charge in [0.15, 0.2) is 12.7 Å². The molecule has 0 aliphatic carbocycles. The summed E-state index contributed by atoms with van der Waals surface area (Å²) in [6, 6.07) is 25.2. The molecule has 136 valence electrons. The Hall–Kier alpha value is -3.40. The van der Waals surface area contributed by atoms with Crippen LogP contribution < -0.4 is 4.74 Å². The largest absolute Gasteiger partial charge is 0.482 e. The fraction of sp³-hybridized carbons (Fsp3) is 0.130. The average molecular weight is 360 g/mol. The highest BCUT2D eigenvalue weighted by molar-refractivity contribution is 6.01. The Morgan fingerprint density at radius 3 is 2.07 bits per heavy atom. The van der Waals surface area contributed by atoms with Gasteiger partial charge in [0.1, 0.15) is 5.75 Å². The van der Waals surface area contributed by atoms with E-state index >= 15 is 0 Å². The second-order valence-corrected chi connectivity index (χ2v) is 6.07. The van der Waals surface area contributed by atoms with Crippen LogP contribution in [0.3, 0.4) is 0 Å². The molecule has 0 saturated heterocycles. The number of Topliss-reactive ketones (excluding diaryl/α,β-unsaturated/α-hetero) is 1. The monoisotopic (exact) mass is 360 g/mol. The van der Waals surface area contributed by atoms with E-state index in [0.29, 0.717) is 16.9 Å². The lowest BCUT2D eigenvalue weighted by Gasteiger charge is -2.18. The van der Waals surface area contributed by atoms with Crippen LogP contribution in [0.5, 0.6) is 5.75 Å². The molecule has 0 aliphatic rings. The van der Waals surface area contributed by atoms with E-state index in [4.69, 9.17) is 9.47 Å². The van der Waals surface area contributed by atoms with Gasteiger partial charge in [-0.1, -0.05) is 78.9 Å². The first-order valence-electron chi connectivity index (χ1n) is 8.67. The predicted octanol–water partition coefficient (Wildman–Crippen LogP) is 4.54. The second-order valence-electron chi connectivity index (χ2n) is 6.07. The highest BCUT2D eigenvalue weighted by atomic mass is 16.6. The molecule has 0 saturated carbocycles. The highest BCUT2D eigenvalue weighted by Crippen LogP contribution is 2.23. The summed E-state index contributed by atoms with van der Waals surface area (Å²) in [5, 5.41) is 0. The molecule has 0 radical (unpaired) electrons. The van der Waals surface area contributed by atoms with Crippen LogP contribution in [0.25, 0.3) is 0 Å². The van der Waals surface area contributed by atoms with E-state index in [1.165, 1.54) is 0 Å². The van der Waals surface area contributed by atoms with Gasteiger partial charge in [-0.3, -0.25) is 4.79 Å². The van der Waals surface area contributed by atoms with Crippen LogP contribution in [0.2, 0.25) is 0 Å². The maximum Gasteiger partial charge on any atom is 0.345 e. The molecule has 0 amide bonds. The van der Waals surface area contributed by atoms with Gasteiger partial charge >= 0.3 is 5.97 Å². The van der Waals surface area contributed by atoms with Gasteiger partial charge in [-0.25, -0.2) is 4.79 Å². The van der Waals surface area contributed by atoms with Gasteiger partial charge in [0.05, 0.1) is 0 Å². The molecular formula is C23H20O4. The topological polar surface area (TPSA) is 52.6 Å². The van der Waals surface area contributed by atoms with Crippen molar-refractivity contribution in [2.24, 2.45) is 0 Å². The van der Waals surface area contributed by atoms with Crippen LogP contribution in [-0.4, -0.2) is 18.4 Å². The summed E-state index contributed by atoms with van der Waals surface area (Å²) < 4.78 is 11.0. The zero-order valence-electron chi connectivity index (χ0n) is 15.0. The number of benzene rings is 3. The Morgan fingerprint density at radius 2 is 1.41 bits per heavy atom. The number of hydrogen-bond donors (Lipinski definition) is 0. The van der Waals surface area contributed by atoms with E-state index < -0.39 is 12.1 Å². The van der Waals surface area contributed by atoms with Crippen molar-refractivity contribution in [3.63, 3.8) is 0 Å². The van der Waals surface area contributed by atoms with Crippen molar-refractivity contribution in [2.75, 3.05) is 6.61 Å². The Kier molecular flexibility index (Phi) is 6.00. The molecule has 3 aromatic carbocycles. The minimum atomic E-state index is -1.01. The molecule has 0 aromatic heterocycles. The number of ketones is 1. The lowest BCUT2D eigenvalue weighted by molar-refractivity contribution is -0.149. The zero-order chi connectivity index (χ0) is 19.1.